The van der Waals surface area contributed by atoms with Gasteiger partial charge in [0.1, 0.15) is 0 Å². The van der Waals surface area contributed by atoms with Gasteiger partial charge in [-0.2, -0.15) is 0 Å². The van der Waals surface area contributed by atoms with Crippen molar-refractivity contribution in [1.29, 1.82) is 0 Å². The van der Waals surface area contributed by atoms with E-state index in [4.69, 9.17) is 0 Å². The number of nitrogens with one attached hydrogen (secondary N) is 1. The summed E-state index contributed by atoms with van der Waals surface area (Å²) in [6, 6.07) is 4.19. The van der Waals surface area contributed by atoms with Crippen LogP contribution in [0.2, 0.25) is 0 Å². The van der Waals surface area contributed by atoms with E-state index in [1.54, 1.807) is 11.3 Å². The van der Waals surface area contributed by atoms with Gasteiger partial charge in [0.05, 0.1) is 16.0 Å². The van der Waals surface area contributed by atoms with Crippen LogP contribution >= 0.6 is 27.3 Å². The Balaban J connectivity index is 2.04. The molecule has 0 aliphatic heterocycles. The van der Waals surface area contributed by atoms with E-state index in [0.29, 0.717) is 0 Å². The van der Waals surface area contributed by atoms with Gasteiger partial charge < -0.3 is 9.88 Å². The monoisotopic (exact) mass is 299 g/mol. The minimum Gasteiger partial charge on any atom is -0.351 e. The van der Waals surface area contributed by atoms with Gasteiger partial charge in [0.15, 0.2) is 0 Å². The van der Waals surface area contributed by atoms with Crippen molar-refractivity contribution < 1.29 is 0 Å². The summed E-state index contributed by atoms with van der Waals surface area (Å²) in [5, 5.41) is 3.36. The number of nitrogens with zero attached hydrogens (tertiary/aromatic N) is 2. The van der Waals surface area contributed by atoms with Gasteiger partial charge in [0.2, 0.25) is 5.95 Å². The highest BCUT2D eigenvalue weighted by Crippen LogP contribution is 2.22. The van der Waals surface area contributed by atoms with Crippen molar-refractivity contribution in [3.63, 3.8) is 0 Å². The van der Waals surface area contributed by atoms with Gasteiger partial charge in [-0.05, 0) is 41.9 Å². The Bertz CT molecular complexity index is 475. The summed E-state index contributed by atoms with van der Waals surface area (Å²) < 4.78 is 3.29. The molecule has 5 heteroatoms. The van der Waals surface area contributed by atoms with Crippen molar-refractivity contribution in [2.24, 2.45) is 0 Å². The standard InChI is InChI=1S/C11H14BrN3S/c1-3-15-7-8(2)14-11(15)13-6-9-4-5-10(12)16-9/h4-5,7H,3,6H2,1-2H3,(H,13,14). The number of halogens is 1. The summed E-state index contributed by atoms with van der Waals surface area (Å²) in [6.45, 7) is 5.90. The third kappa shape index (κ3) is 2.65. The van der Waals surface area contributed by atoms with Gasteiger partial charge in [-0.1, -0.05) is 0 Å². The maximum atomic E-state index is 4.45. The van der Waals surface area contributed by atoms with Crippen LogP contribution in [0, 0.1) is 6.92 Å². The van der Waals surface area contributed by atoms with Gasteiger partial charge in [-0.25, -0.2) is 4.98 Å². The van der Waals surface area contributed by atoms with Crippen molar-refractivity contribution in [3.05, 3.63) is 32.7 Å². The van der Waals surface area contributed by atoms with E-state index in [9.17, 15) is 0 Å². The number of anilines is 1. The largest absolute Gasteiger partial charge is 0.351 e. The third-order valence-electron chi connectivity index (χ3n) is 2.29. The molecule has 0 spiro atoms. The molecule has 0 unspecified atom stereocenters. The topological polar surface area (TPSA) is 29.9 Å². The van der Waals surface area contributed by atoms with Crippen LogP contribution in [0.5, 0.6) is 0 Å². The molecule has 2 rings (SSSR count). The molecular formula is C11H14BrN3S. The summed E-state index contributed by atoms with van der Waals surface area (Å²) in [7, 11) is 0. The molecule has 2 aromatic heterocycles. The summed E-state index contributed by atoms with van der Waals surface area (Å²) in [6.07, 6.45) is 2.06. The van der Waals surface area contributed by atoms with Crippen LogP contribution in [-0.2, 0) is 13.1 Å². The van der Waals surface area contributed by atoms with Crippen LogP contribution in [-0.4, -0.2) is 9.55 Å². The second kappa shape index (κ2) is 5.01. The summed E-state index contributed by atoms with van der Waals surface area (Å²) in [5.41, 5.74) is 1.05. The molecule has 86 valence electrons. The van der Waals surface area contributed by atoms with Gasteiger partial charge in [-0.15, -0.1) is 11.3 Å². The van der Waals surface area contributed by atoms with Crippen molar-refractivity contribution in [3.8, 4) is 0 Å². The van der Waals surface area contributed by atoms with Gasteiger partial charge in [-0.3, -0.25) is 0 Å². The molecule has 2 heterocycles. The Morgan fingerprint density at radius 2 is 2.31 bits per heavy atom. The molecule has 2 aromatic rings. The Labute approximate surface area is 108 Å². The molecular weight excluding hydrogens is 286 g/mol. The maximum Gasteiger partial charge on any atom is 0.203 e. The molecule has 0 aliphatic carbocycles. The molecule has 0 amide bonds. The fraction of sp³-hybridized carbons (Fsp3) is 0.364. The zero-order valence-electron chi connectivity index (χ0n) is 9.33. The number of aryl methyl sites for hydroxylation is 2. The first-order valence-corrected chi connectivity index (χ1v) is 6.82. The second-order valence-electron chi connectivity index (χ2n) is 3.55. The second-order valence-corrected chi connectivity index (χ2v) is 6.10. The quantitative estimate of drug-likeness (QED) is 0.934. The van der Waals surface area contributed by atoms with Crippen LogP contribution in [0.25, 0.3) is 0 Å². The normalized spacial score (nSPS) is 10.7. The van der Waals surface area contributed by atoms with Crippen molar-refractivity contribution in [2.45, 2.75) is 26.9 Å². The fourth-order valence-corrected chi connectivity index (χ4v) is 2.96. The Morgan fingerprint density at radius 1 is 1.50 bits per heavy atom. The lowest BCUT2D eigenvalue weighted by Gasteiger charge is -2.05. The van der Waals surface area contributed by atoms with Gasteiger partial charge in [0, 0.05) is 17.6 Å². The van der Waals surface area contributed by atoms with Crippen LogP contribution in [0.4, 0.5) is 5.95 Å². The lowest BCUT2D eigenvalue weighted by Crippen LogP contribution is -2.05. The Morgan fingerprint density at radius 3 is 2.94 bits per heavy atom. The predicted octanol–water partition coefficient (Wildman–Crippen LogP) is 3.65. The first-order valence-electron chi connectivity index (χ1n) is 5.21. The molecule has 0 fully saturated rings. The van der Waals surface area contributed by atoms with Crippen LogP contribution in [0.3, 0.4) is 0 Å². The van der Waals surface area contributed by atoms with E-state index in [1.807, 2.05) is 6.92 Å². The lowest BCUT2D eigenvalue weighted by atomic mass is 10.5. The minimum atomic E-state index is 0.826. The average molecular weight is 300 g/mol. The summed E-state index contributed by atoms with van der Waals surface area (Å²) >= 11 is 5.20. The molecule has 0 saturated carbocycles. The van der Waals surface area contributed by atoms with Crippen LogP contribution in [0.1, 0.15) is 17.5 Å². The van der Waals surface area contributed by atoms with E-state index in [-0.39, 0.29) is 0 Å². The molecule has 0 aromatic carbocycles. The number of hydrogen-bond donors (Lipinski definition) is 1. The number of imidazole rings is 1. The zero-order chi connectivity index (χ0) is 11.5. The fourth-order valence-electron chi connectivity index (χ4n) is 1.54. The van der Waals surface area contributed by atoms with E-state index in [1.165, 1.54) is 8.66 Å². The number of thiophene rings is 1. The van der Waals surface area contributed by atoms with Crippen molar-refractivity contribution in [2.75, 3.05) is 5.32 Å². The van der Waals surface area contributed by atoms with Crippen molar-refractivity contribution in [1.82, 2.24) is 9.55 Å². The molecule has 0 bridgehead atoms. The van der Waals surface area contributed by atoms with Gasteiger partial charge >= 0.3 is 0 Å². The highest BCUT2D eigenvalue weighted by Gasteiger charge is 2.04. The van der Waals surface area contributed by atoms with Crippen molar-refractivity contribution >= 4 is 33.2 Å². The molecule has 3 nitrogen and oxygen atoms in total. The number of hydrogen-bond acceptors (Lipinski definition) is 3. The zero-order valence-corrected chi connectivity index (χ0v) is 11.7. The maximum absolute atomic E-state index is 4.45. The highest BCUT2D eigenvalue weighted by atomic mass is 79.9. The number of aromatic nitrogens is 2. The molecule has 0 radical (unpaired) electrons. The van der Waals surface area contributed by atoms with E-state index >= 15 is 0 Å². The van der Waals surface area contributed by atoms with Gasteiger partial charge in [0.25, 0.3) is 0 Å². The minimum absolute atomic E-state index is 0.826. The molecule has 0 saturated heterocycles. The smallest absolute Gasteiger partial charge is 0.203 e. The van der Waals surface area contributed by atoms with Crippen LogP contribution < -0.4 is 5.32 Å². The highest BCUT2D eigenvalue weighted by molar-refractivity contribution is 9.11. The Hall–Kier alpha value is -0.810. The van der Waals surface area contributed by atoms with E-state index in [0.717, 1.165) is 24.7 Å². The lowest BCUT2D eigenvalue weighted by molar-refractivity contribution is 0.763. The molecule has 0 atom stereocenters. The first kappa shape index (κ1) is 11.7. The summed E-state index contributed by atoms with van der Waals surface area (Å²) in [4.78, 5) is 5.75. The number of rotatable bonds is 4. The molecule has 1 N–H and O–H groups in total. The molecule has 16 heavy (non-hydrogen) atoms. The Kier molecular flexibility index (Phi) is 3.66. The van der Waals surface area contributed by atoms with E-state index < -0.39 is 0 Å². The SMILES string of the molecule is CCn1cc(C)nc1NCc1ccc(Br)s1. The average Bonchev–Trinajstić information content (AvgIpc) is 2.81. The summed E-state index contributed by atoms with van der Waals surface area (Å²) in [5.74, 6) is 0.949. The van der Waals surface area contributed by atoms with E-state index in [2.05, 4.69) is 56.1 Å². The predicted molar refractivity (Wildman–Crippen MR) is 72.0 cm³/mol. The third-order valence-corrected chi connectivity index (χ3v) is 3.91. The van der Waals surface area contributed by atoms with Crippen LogP contribution in [0.15, 0.2) is 22.1 Å². The first-order chi connectivity index (χ1) is 7.69. The molecule has 0 aliphatic rings.